The standard InChI is InChI=1S/C25H24N4O3/c1-25(2,32)15-29-14-18(7-9-23(29)31)21-13-28-24-20(21)11-19(12-27-24)17-5-3-4-16(10-17)6-8-22(26)30/h3-14,32H,15H2,1-2H3,(H2,26,30)(H,27,28). The molecule has 0 saturated carbocycles. The van der Waals surface area contributed by atoms with Crippen molar-refractivity contribution in [3.8, 4) is 22.3 Å². The summed E-state index contributed by atoms with van der Waals surface area (Å²) in [6.07, 6.45) is 8.40. The van der Waals surface area contributed by atoms with E-state index in [4.69, 9.17) is 5.73 Å². The molecule has 7 nitrogen and oxygen atoms in total. The third kappa shape index (κ3) is 4.68. The highest BCUT2D eigenvalue weighted by atomic mass is 16.3. The van der Waals surface area contributed by atoms with Crippen LogP contribution in [0, 0.1) is 0 Å². The zero-order valence-electron chi connectivity index (χ0n) is 17.9. The van der Waals surface area contributed by atoms with Crippen LogP contribution in [0.4, 0.5) is 0 Å². The van der Waals surface area contributed by atoms with Gasteiger partial charge in [-0.1, -0.05) is 18.2 Å². The summed E-state index contributed by atoms with van der Waals surface area (Å²) in [5.74, 6) is -0.499. The molecule has 0 aliphatic rings. The predicted octanol–water partition coefficient (Wildman–Crippen LogP) is 3.33. The molecule has 0 fully saturated rings. The smallest absolute Gasteiger partial charge is 0.250 e. The second-order valence-corrected chi connectivity index (χ2v) is 8.38. The van der Waals surface area contributed by atoms with E-state index in [1.165, 1.54) is 16.7 Å². The molecule has 1 amide bonds. The largest absolute Gasteiger partial charge is 0.389 e. The average molecular weight is 428 g/mol. The number of amides is 1. The first-order valence-electron chi connectivity index (χ1n) is 10.2. The number of primary amides is 1. The topological polar surface area (TPSA) is 114 Å². The third-order valence-corrected chi connectivity index (χ3v) is 5.04. The number of pyridine rings is 2. The van der Waals surface area contributed by atoms with E-state index in [-0.39, 0.29) is 12.1 Å². The number of nitrogens with two attached hydrogens (primary N) is 1. The number of benzene rings is 1. The van der Waals surface area contributed by atoms with Gasteiger partial charge >= 0.3 is 0 Å². The quantitative estimate of drug-likeness (QED) is 0.409. The van der Waals surface area contributed by atoms with Crippen molar-refractivity contribution in [1.29, 1.82) is 0 Å². The first-order chi connectivity index (χ1) is 15.2. The summed E-state index contributed by atoms with van der Waals surface area (Å²) >= 11 is 0. The van der Waals surface area contributed by atoms with Crippen LogP contribution >= 0.6 is 0 Å². The molecule has 3 aromatic heterocycles. The lowest BCUT2D eigenvalue weighted by atomic mass is 10.0. The summed E-state index contributed by atoms with van der Waals surface area (Å²) in [5, 5.41) is 11.0. The molecule has 0 aliphatic heterocycles. The number of carbonyl (C=O) groups is 1. The van der Waals surface area contributed by atoms with E-state index in [9.17, 15) is 14.7 Å². The number of hydrogen-bond acceptors (Lipinski definition) is 4. The molecular formula is C25H24N4O3. The Morgan fingerprint density at radius 1 is 1.19 bits per heavy atom. The average Bonchev–Trinajstić information content (AvgIpc) is 3.16. The van der Waals surface area contributed by atoms with E-state index >= 15 is 0 Å². The SMILES string of the molecule is CC(C)(O)Cn1cc(-c2c[nH]c3ncc(-c4cccc(C=CC(N)=O)c4)cc23)ccc1=O. The van der Waals surface area contributed by atoms with Crippen molar-refractivity contribution in [3.63, 3.8) is 0 Å². The van der Waals surface area contributed by atoms with Gasteiger partial charge in [0.15, 0.2) is 0 Å². The monoisotopic (exact) mass is 428 g/mol. The second kappa shape index (κ2) is 8.28. The number of fused-ring (bicyclic) bond motifs is 1. The molecule has 4 rings (SSSR count). The van der Waals surface area contributed by atoms with E-state index in [1.54, 1.807) is 38.4 Å². The molecule has 0 atom stereocenters. The van der Waals surface area contributed by atoms with E-state index in [0.29, 0.717) is 0 Å². The van der Waals surface area contributed by atoms with E-state index < -0.39 is 11.5 Å². The van der Waals surface area contributed by atoms with Crippen LogP contribution in [0.5, 0.6) is 0 Å². The summed E-state index contributed by atoms with van der Waals surface area (Å²) in [6, 6.07) is 13.0. The maximum atomic E-state index is 12.2. The summed E-state index contributed by atoms with van der Waals surface area (Å²) in [6.45, 7) is 3.53. The van der Waals surface area contributed by atoms with Gasteiger partial charge in [-0.2, -0.15) is 0 Å². The fraction of sp³-hybridized carbons (Fsp3) is 0.160. The Balaban J connectivity index is 1.77. The molecule has 0 unspecified atom stereocenters. The van der Waals surface area contributed by atoms with E-state index in [0.717, 1.165) is 38.9 Å². The number of carbonyl (C=O) groups excluding carboxylic acids is 1. The van der Waals surface area contributed by atoms with Gasteiger partial charge in [-0.25, -0.2) is 4.98 Å². The Labute approximate surface area is 184 Å². The van der Waals surface area contributed by atoms with Crippen LogP contribution in [-0.2, 0) is 11.3 Å². The zero-order chi connectivity index (χ0) is 22.9. The predicted molar refractivity (Wildman–Crippen MR) is 126 cm³/mol. The highest BCUT2D eigenvalue weighted by molar-refractivity contribution is 5.96. The highest BCUT2D eigenvalue weighted by Gasteiger charge is 2.16. The van der Waals surface area contributed by atoms with Gasteiger partial charge in [0.2, 0.25) is 5.91 Å². The van der Waals surface area contributed by atoms with Gasteiger partial charge in [-0.15, -0.1) is 0 Å². The molecule has 4 aromatic rings. The number of hydrogen-bond donors (Lipinski definition) is 3. The molecular weight excluding hydrogens is 404 g/mol. The molecule has 4 N–H and O–H groups in total. The van der Waals surface area contributed by atoms with Crippen LogP contribution in [0.15, 0.2) is 71.9 Å². The minimum atomic E-state index is -1.01. The molecule has 7 heteroatoms. The fourth-order valence-corrected chi connectivity index (χ4v) is 3.63. The fourth-order valence-electron chi connectivity index (χ4n) is 3.63. The summed E-state index contributed by atoms with van der Waals surface area (Å²) in [4.78, 5) is 31.0. The molecule has 0 bridgehead atoms. The van der Waals surface area contributed by atoms with Gasteiger partial charge in [0.05, 0.1) is 12.1 Å². The molecule has 32 heavy (non-hydrogen) atoms. The van der Waals surface area contributed by atoms with Crippen molar-refractivity contribution in [2.24, 2.45) is 5.73 Å². The summed E-state index contributed by atoms with van der Waals surface area (Å²) < 4.78 is 1.51. The van der Waals surface area contributed by atoms with Gasteiger partial charge < -0.3 is 20.4 Å². The Hall–Kier alpha value is -3.97. The normalized spacial score (nSPS) is 12.0. The van der Waals surface area contributed by atoms with Crippen LogP contribution in [0.2, 0.25) is 0 Å². The number of H-pyrrole nitrogens is 1. The van der Waals surface area contributed by atoms with E-state index in [1.807, 2.05) is 36.5 Å². The number of rotatable bonds is 6. The Morgan fingerprint density at radius 2 is 2.00 bits per heavy atom. The maximum Gasteiger partial charge on any atom is 0.250 e. The molecule has 0 aliphatic carbocycles. The van der Waals surface area contributed by atoms with Gasteiger partial charge in [-0.05, 0) is 49.2 Å². The summed E-state index contributed by atoms with van der Waals surface area (Å²) in [7, 11) is 0. The minimum absolute atomic E-state index is 0.171. The van der Waals surface area contributed by atoms with Crippen LogP contribution in [0.25, 0.3) is 39.4 Å². The lowest BCUT2D eigenvalue weighted by Crippen LogP contribution is -2.32. The maximum absolute atomic E-state index is 12.2. The van der Waals surface area contributed by atoms with Crippen molar-refractivity contribution in [3.05, 3.63) is 83.0 Å². The molecule has 0 radical (unpaired) electrons. The highest BCUT2D eigenvalue weighted by Crippen LogP contribution is 2.31. The number of aromatic nitrogens is 3. The van der Waals surface area contributed by atoms with Crippen molar-refractivity contribution in [2.45, 2.75) is 26.0 Å². The Kier molecular flexibility index (Phi) is 5.50. The molecule has 1 aromatic carbocycles. The van der Waals surface area contributed by atoms with Crippen LogP contribution in [-0.4, -0.2) is 31.1 Å². The molecule has 0 spiro atoms. The number of nitrogens with zero attached hydrogens (tertiary/aromatic N) is 2. The van der Waals surface area contributed by atoms with Crippen LogP contribution in [0.3, 0.4) is 0 Å². The lowest BCUT2D eigenvalue weighted by molar-refractivity contribution is -0.113. The lowest BCUT2D eigenvalue weighted by Gasteiger charge is -2.19. The van der Waals surface area contributed by atoms with Crippen molar-refractivity contribution in [2.75, 3.05) is 0 Å². The number of aliphatic hydroxyl groups is 1. The first-order valence-corrected chi connectivity index (χ1v) is 10.2. The van der Waals surface area contributed by atoms with E-state index in [2.05, 4.69) is 9.97 Å². The van der Waals surface area contributed by atoms with Crippen molar-refractivity contribution >= 4 is 23.0 Å². The van der Waals surface area contributed by atoms with Crippen molar-refractivity contribution < 1.29 is 9.90 Å². The van der Waals surface area contributed by atoms with Crippen LogP contribution in [0.1, 0.15) is 19.4 Å². The number of nitrogens with one attached hydrogen (secondary N) is 1. The zero-order valence-corrected chi connectivity index (χ0v) is 17.9. The summed E-state index contributed by atoms with van der Waals surface area (Å²) in [5.41, 5.74) is 9.21. The van der Waals surface area contributed by atoms with Gasteiger partial charge in [0.25, 0.3) is 5.56 Å². The second-order valence-electron chi connectivity index (χ2n) is 8.38. The minimum Gasteiger partial charge on any atom is -0.389 e. The van der Waals surface area contributed by atoms with Gasteiger partial charge in [-0.3, -0.25) is 9.59 Å². The van der Waals surface area contributed by atoms with Gasteiger partial charge in [0, 0.05) is 52.8 Å². The Morgan fingerprint density at radius 3 is 2.75 bits per heavy atom. The Bertz CT molecular complexity index is 1390. The molecule has 0 saturated heterocycles. The first kappa shape index (κ1) is 21.3. The molecule has 162 valence electrons. The van der Waals surface area contributed by atoms with Gasteiger partial charge in [0.1, 0.15) is 5.65 Å². The van der Waals surface area contributed by atoms with Crippen LogP contribution < -0.4 is 11.3 Å². The number of aromatic amines is 1. The third-order valence-electron chi connectivity index (χ3n) is 5.04. The molecule has 3 heterocycles. The van der Waals surface area contributed by atoms with Crippen molar-refractivity contribution in [1.82, 2.24) is 14.5 Å².